The maximum Gasteiger partial charge on any atom is 0.272 e. The van der Waals surface area contributed by atoms with Gasteiger partial charge in [-0.05, 0) is 25.6 Å². The summed E-state index contributed by atoms with van der Waals surface area (Å²) in [4.78, 5) is 34.9. The number of pyridine rings is 1. The number of amides is 2. The number of carbonyl (C=O) groups is 2. The van der Waals surface area contributed by atoms with Gasteiger partial charge in [-0.2, -0.15) is 0 Å². The topological polar surface area (TPSA) is 56.8 Å². The molecule has 0 bridgehead atoms. The van der Waals surface area contributed by atoms with Gasteiger partial charge in [0, 0.05) is 39.8 Å². The molecule has 23 heavy (non-hydrogen) atoms. The van der Waals surface area contributed by atoms with Gasteiger partial charge in [-0.3, -0.25) is 9.59 Å². The molecular formula is C17H26N4O2. The number of aromatic nitrogens is 1. The number of likely N-dealkylation sites (N-methyl/N-ethyl adjacent to an activating group) is 1. The molecule has 2 amide bonds. The lowest BCUT2D eigenvalue weighted by molar-refractivity contribution is 0.0658. The molecular weight excluding hydrogens is 292 g/mol. The van der Waals surface area contributed by atoms with Crippen molar-refractivity contribution in [3.63, 3.8) is 0 Å². The lowest BCUT2D eigenvalue weighted by Crippen LogP contribution is -2.47. The van der Waals surface area contributed by atoms with E-state index in [9.17, 15) is 9.59 Å². The molecule has 1 fully saturated rings. The monoisotopic (exact) mass is 318 g/mol. The first kappa shape index (κ1) is 17.4. The fraction of sp³-hybridized carbons (Fsp3) is 0.588. The second-order valence-electron chi connectivity index (χ2n) is 6.08. The first-order valence-corrected chi connectivity index (χ1v) is 8.23. The first-order chi connectivity index (χ1) is 11.0. The van der Waals surface area contributed by atoms with Gasteiger partial charge < -0.3 is 14.7 Å². The number of hydrogen-bond acceptors (Lipinski definition) is 4. The van der Waals surface area contributed by atoms with Gasteiger partial charge >= 0.3 is 0 Å². The Balaban J connectivity index is 2.07. The molecule has 1 aliphatic rings. The van der Waals surface area contributed by atoms with Gasteiger partial charge in [0.25, 0.3) is 11.8 Å². The Bertz CT molecular complexity index is 553. The van der Waals surface area contributed by atoms with Crippen molar-refractivity contribution in [2.75, 3.05) is 46.8 Å². The molecule has 0 saturated carbocycles. The molecule has 0 aliphatic carbocycles. The Morgan fingerprint density at radius 3 is 2.48 bits per heavy atom. The van der Waals surface area contributed by atoms with E-state index in [4.69, 9.17) is 0 Å². The lowest BCUT2D eigenvalue weighted by Gasteiger charge is -2.32. The van der Waals surface area contributed by atoms with Gasteiger partial charge in [0.1, 0.15) is 11.4 Å². The van der Waals surface area contributed by atoms with Gasteiger partial charge in [0.05, 0.1) is 0 Å². The predicted molar refractivity (Wildman–Crippen MR) is 89.5 cm³/mol. The quantitative estimate of drug-likeness (QED) is 0.822. The third-order valence-corrected chi connectivity index (χ3v) is 4.17. The highest BCUT2D eigenvalue weighted by molar-refractivity contribution is 5.96. The van der Waals surface area contributed by atoms with Crippen molar-refractivity contribution in [1.82, 2.24) is 19.7 Å². The highest BCUT2D eigenvalue weighted by atomic mass is 16.2. The van der Waals surface area contributed by atoms with Crippen molar-refractivity contribution in [2.24, 2.45) is 0 Å². The van der Waals surface area contributed by atoms with Gasteiger partial charge in [-0.1, -0.05) is 19.4 Å². The number of piperazine rings is 1. The standard InChI is InChI=1S/C17H26N4O2/c1-4-5-9-20(3)16(22)14-7-6-8-15(18-14)17(23)21-12-10-19(2)11-13-21/h6-8H,4-5,9-13H2,1-3H3. The van der Waals surface area contributed by atoms with Crippen LogP contribution in [0.1, 0.15) is 40.7 Å². The molecule has 0 aromatic carbocycles. The Morgan fingerprint density at radius 1 is 1.17 bits per heavy atom. The van der Waals surface area contributed by atoms with Crippen LogP contribution in [0.25, 0.3) is 0 Å². The maximum absolute atomic E-state index is 12.5. The van der Waals surface area contributed by atoms with E-state index in [0.29, 0.717) is 31.0 Å². The van der Waals surface area contributed by atoms with Crippen molar-refractivity contribution >= 4 is 11.8 Å². The Hall–Kier alpha value is -1.95. The summed E-state index contributed by atoms with van der Waals surface area (Å²) in [5, 5.41) is 0. The third-order valence-electron chi connectivity index (χ3n) is 4.17. The summed E-state index contributed by atoms with van der Waals surface area (Å²) in [6, 6.07) is 5.09. The minimum Gasteiger partial charge on any atom is -0.340 e. The molecule has 1 aromatic rings. The third kappa shape index (κ3) is 4.51. The van der Waals surface area contributed by atoms with Crippen LogP contribution in [-0.2, 0) is 0 Å². The van der Waals surface area contributed by atoms with Crippen LogP contribution >= 0.6 is 0 Å². The van der Waals surface area contributed by atoms with Crippen LogP contribution in [0.5, 0.6) is 0 Å². The van der Waals surface area contributed by atoms with Crippen molar-refractivity contribution < 1.29 is 9.59 Å². The van der Waals surface area contributed by atoms with Crippen LogP contribution in [0, 0.1) is 0 Å². The summed E-state index contributed by atoms with van der Waals surface area (Å²) < 4.78 is 0. The molecule has 6 nitrogen and oxygen atoms in total. The largest absolute Gasteiger partial charge is 0.340 e. The van der Waals surface area contributed by atoms with E-state index < -0.39 is 0 Å². The van der Waals surface area contributed by atoms with E-state index in [1.165, 1.54) is 0 Å². The normalized spacial score (nSPS) is 15.5. The summed E-state index contributed by atoms with van der Waals surface area (Å²) in [5.74, 6) is -0.226. The van der Waals surface area contributed by atoms with E-state index in [1.54, 1.807) is 35.0 Å². The van der Waals surface area contributed by atoms with Crippen LogP contribution in [0.3, 0.4) is 0 Å². The second-order valence-corrected chi connectivity index (χ2v) is 6.08. The molecule has 0 unspecified atom stereocenters. The molecule has 6 heteroatoms. The first-order valence-electron chi connectivity index (χ1n) is 8.23. The zero-order chi connectivity index (χ0) is 16.8. The lowest BCUT2D eigenvalue weighted by atomic mass is 10.2. The minimum absolute atomic E-state index is 0.0936. The molecule has 2 rings (SSSR count). The van der Waals surface area contributed by atoms with E-state index in [-0.39, 0.29) is 11.8 Å². The number of nitrogens with zero attached hydrogens (tertiary/aromatic N) is 4. The number of hydrogen-bond donors (Lipinski definition) is 0. The molecule has 0 atom stereocenters. The fourth-order valence-corrected chi connectivity index (χ4v) is 2.54. The van der Waals surface area contributed by atoms with Crippen LogP contribution in [0.15, 0.2) is 18.2 Å². The number of carbonyl (C=O) groups excluding carboxylic acids is 2. The van der Waals surface area contributed by atoms with E-state index >= 15 is 0 Å². The zero-order valence-corrected chi connectivity index (χ0v) is 14.3. The van der Waals surface area contributed by atoms with E-state index in [1.807, 2.05) is 7.05 Å². The van der Waals surface area contributed by atoms with Gasteiger partial charge in [-0.15, -0.1) is 0 Å². The van der Waals surface area contributed by atoms with Crippen molar-refractivity contribution in [1.29, 1.82) is 0 Å². The van der Waals surface area contributed by atoms with Crippen LogP contribution < -0.4 is 0 Å². The van der Waals surface area contributed by atoms with Gasteiger partial charge in [0.15, 0.2) is 0 Å². The molecule has 126 valence electrons. The Labute approximate surface area is 138 Å². The molecule has 0 N–H and O–H groups in total. The number of rotatable bonds is 5. The summed E-state index contributed by atoms with van der Waals surface area (Å²) in [7, 11) is 3.82. The van der Waals surface area contributed by atoms with Crippen molar-refractivity contribution in [2.45, 2.75) is 19.8 Å². The van der Waals surface area contributed by atoms with Gasteiger partial charge in [0.2, 0.25) is 0 Å². The molecule has 2 heterocycles. The molecule has 1 aromatic heterocycles. The second kappa shape index (κ2) is 8.06. The molecule has 0 spiro atoms. The maximum atomic E-state index is 12.5. The smallest absolute Gasteiger partial charge is 0.272 e. The molecule has 1 saturated heterocycles. The predicted octanol–water partition coefficient (Wildman–Crippen LogP) is 1.34. The highest BCUT2D eigenvalue weighted by Gasteiger charge is 2.22. The fourth-order valence-electron chi connectivity index (χ4n) is 2.54. The van der Waals surface area contributed by atoms with E-state index in [2.05, 4.69) is 16.8 Å². The van der Waals surface area contributed by atoms with Crippen molar-refractivity contribution in [3.05, 3.63) is 29.6 Å². The average molecular weight is 318 g/mol. The van der Waals surface area contributed by atoms with E-state index in [0.717, 1.165) is 25.9 Å². The van der Waals surface area contributed by atoms with Crippen LogP contribution in [0.4, 0.5) is 0 Å². The average Bonchev–Trinajstić information content (AvgIpc) is 2.59. The zero-order valence-electron chi connectivity index (χ0n) is 14.3. The summed E-state index contributed by atoms with van der Waals surface area (Å²) in [6.07, 6.45) is 2.00. The summed E-state index contributed by atoms with van der Waals surface area (Å²) in [6.45, 7) is 5.92. The molecule has 0 radical (unpaired) electrons. The molecule has 1 aliphatic heterocycles. The van der Waals surface area contributed by atoms with Crippen LogP contribution in [-0.4, -0.2) is 78.3 Å². The highest BCUT2D eigenvalue weighted by Crippen LogP contribution is 2.09. The summed E-state index contributed by atoms with van der Waals surface area (Å²) in [5.41, 5.74) is 0.688. The van der Waals surface area contributed by atoms with Crippen molar-refractivity contribution in [3.8, 4) is 0 Å². The van der Waals surface area contributed by atoms with Crippen LogP contribution in [0.2, 0.25) is 0 Å². The number of unbranched alkanes of at least 4 members (excludes halogenated alkanes) is 1. The summed E-state index contributed by atoms with van der Waals surface area (Å²) >= 11 is 0. The van der Waals surface area contributed by atoms with Gasteiger partial charge in [-0.25, -0.2) is 4.98 Å². The minimum atomic E-state index is -0.133. The Morgan fingerprint density at radius 2 is 1.83 bits per heavy atom. The Kier molecular flexibility index (Phi) is 6.10. The SMILES string of the molecule is CCCCN(C)C(=O)c1cccc(C(=O)N2CCN(C)CC2)n1.